The van der Waals surface area contributed by atoms with Crippen molar-refractivity contribution in [3.63, 3.8) is 0 Å². The van der Waals surface area contributed by atoms with Gasteiger partial charge < -0.3 is 19.4 Å². The minimum absolute atomic E-state index is 0.0931. The maximum atomic E-state index is 12.5. The van der Waals surface area contributed by atoms with Crippen LogP contribution in [0.15, 0.2) is 78.9 Å². The van der Waals surface area contributed by atoms with Crippen LogP contribution in [-0.4, -0.2) is 22.9 Å². The number of benzene rings is 3. The first-order valence-electron chi connectivity index (χ1n) is 11.3. The zero-order chi connectivity index (χ0) is 24.4. The number of carbonyl (C=O) groups is 1. The third-order valence-electron chi connectivity index (χ3n) is 5.79. The lowest BCUT2D eigenvalue weighted by Gasteiger charge is -2.13. The molecule has 1 saturated carbocycles. The smallest absolute Gasteiger partial charge is 0.487 e. The number of nitrogens with one attached hydrogen (secondary N) is 1. The molecule has 1 aliphatic rings. The normalized spacial score (nSPS) is 13.6. The lowest BCUT2D eigenvalue weighted by molar-refractivity contribution is -0.274. The first-order chi connectivity index (χ1) is 16.8. The highest BCUT2D eigenvalue weighted by atomic mass is 19.4. The van der Waals surface area contributed by atoms with Gasteiger partial charge in [0.1, 0.15) is 18.1 Å². The molecule has 4 aromatic rings. The summed E-state index contributed by atoms with van der Waals surface area (Å²) in [5.41, 5.74) is 3.16. The fourth-order valence-electron chi connectivity index (χ4n) is 3.93. The Labute approximate surface area is 200 Å². The second-order valence-electron chi connectivity index (χ2n) is 8.54. The van der Waals surface area contributed by atoms with Crippen molar-refractivity contribution < 1.29 is 27.4 Å². The molecule has 5 rings (SSSR count). The van der Waals surface area contributed by atoms with Crippen LogP contribution in [0.4, 0.5) is 13.2 Å². The van der Waals surface area contributed by atoms with E-state index >= 15 is 0 Å². The first kappa shape index (κ1) is 22.8. The van der Waals surface area contributed by atoms with E-state index in [0.717, 1.165) is 40.8 Å². The van der Waals surface area contributed by atoms with Crippen molar-refractivity contribution in [2.24, 2.45) is 0 Å². The summed E-state index contributed by atoms with van der Waals surface area (Å²) in [7, 11) is 0. The molecule has 0 radical (unpaired) electrons. The van der Waals surface area contributed by atoms with Crippen molar-refractivity contribution in [3.8, 4) is 11.5 Å². The number of rotatable bonds is 8. The van der Waals surface area contributed by atoms with Gasteiger partial charge in [-0.1, -0.05) is 30.3 Å². The van der Waals surface area contributed by atoms with E-state index in [1.54, 1.807) is 18.2 Å². The number of ether oxygens (including phenoxy) is 2. The van der Waals surface area contributed by atoms with Gasteiger partial charge in [-0.15, -0.1) is 13.2 Å². The Morgan fingerprint density at radius 2 is 1.69 bits per heavy atom. The number of alkyl halides is 3. The summed E-state index contributed by atoms with van der Waals surface area (Å²) < 4.78 is 49.5. The summed E-state index contributed by atoms with van der Waals surface area (Å²) in [4.78, 5) is 12.5. The second-order valence-corrected chi connectivity index (χ2v) is 8.54. The topological polar surface area (TPSA) is 52.5 Å². The number of carbonyl (C=O) groups excluding carboxylic acids is 1. The number of fused-ring (bicyclic) bond motifs is 1. The molecule has 180 valence electrons. The van der Waals surface area contributed by atoms with Crippen LogP contribution in [0.3, 0.4) is 0 Å². The molecule has 8 heteroatoms. The van der Waals surface area contributed by atoms with Gasteiger partial charge >= 0.3 is 6.36 Å². The van der Waals surface area contributed by atoms with Crippen molar-refractivity contribution in [1.82, 2.24) is 9.88 Å². The van der Waals surface area contributed by atoms with Crippen LogP contribution in [0.2, 0.25) is 0 Å². The molecular formula is C27H23F3N2O3. The van der Waals surface area contributed by atoms with Crippen LogP contribution in [-0.2, 0) is 13.2 Å². The maximum absolute atomic E-state index is 12.5. The summed E-state index contributed by atoms with van der Waals surface area (Å²) in [5.74, 6) is 0.365. The van der Waals surface area contributed by atoms with E-state index in [-0.39, 0.29) is 24.3 Å². The van der Waals surface area contributed by atoms with Gasteiger partial charge in [0.05, 0.1) is 5.69 Å². The number of hydrogen-bond acceptors (Lipinski definition) is 3. The molecular weight excluding hydrogens is 457 g/mol. The molecule has 3 aromatic carbocycles. The fraction of sp³-hybridized carbons (Fsp3) is 0.222. The van der Waals surface area contributed by atoms with Gasteiger partial charge in [0, 0.05) is 29.1 Å². The fourth-order valence-corrected chi connectivity index (χ4v) is 3.93. The summed E-state index contributed by atoms with van der Waals surface area (Å²) in [6, 6.07) is 23.0. The number of para-hydroxylation sites is 1. The van der Waals surface area contributed by atoms with Gasteiger partial charge in [-0.05, 0) is 66.9 Å². The quantitative estimate of drug-likeness (QED) is 0.334. The predicted molar refractivity (Wildman–Crippen MR) is 125 cm³/mol. The number of halogens is 3. The molecule has 0 bridgehead atoms. The Hall–Kier alpha value is -3.94. The number of amides is 1. The lowest BCUT2D eigenvalue weighted by atomic mass is 10.1. The Morgan fingerprint density at radius 3 is 2.37 bits per heavy atom. The molecule has 0 unspecified atom stereocenters. The average Bonchev–Trinajstić information content (AvgIpc) is 3.58. The van der Waals surface area contributed by atoms with Crippen molar-refractivity contribution in [2.75, 3.05) is 0 Å². The molecule has 0 saturated heterocycles. The molecule has 1 aliphatic carbocycles. The Morgan fingerprint density at radius 1 is 0.943 bits per heavy atom. The van der Waals surface area contributed by atoms with Gasteiger partial charge in [0.2, 0.25) is 0 Å². The van der Waals surface area contributed by atoms with E-state index in [1.807, 2.05) is 53.1 Å². The number of nitrogens with zero attached hydrogens (tertiary/aromatic N) is 1. The maximum Gasteiger partial charge on any atom is 0.573 e. The Kier molecular flexibility index (Phi) is 6.11. The first-order valence-corrected chi connectivity index (χ1v) is 11.3. The molecule has 1 heterocycles. The SMILES string of the molecule is O=C(NC1CC1)c1ccc2c(c1)cc(COc1ccccc1)n2Cc1ccc(OC(F)(F)F)cc1. The zero-order valence-corrected chi connectivity index (χ0v) is 18.7. The van der Waals surface area contributed by atoms with Crippen molar-refractivity contribution in [1.29, 1.82) is 0 Å². The molecule has 5 nitrogen and oxygen atoms in total. The van der Waals surface area contributed by atoms with E-state index in [4.69, 9.17) is 4.74 Å². The predicted octanol–water partition coefficient (Wildman–Crippen LogP) is 6.06. The van der Waals surface area contributed by atoms with Crippen molar-refractivity contribution in [2.45, 2.75) is 38.4 Å². The van der Waals surface area contributed by atoms with Crippen molar-refractivity contribution in [3.05, 3.63) is 95.7 Å². The highest BCUT2D eigenvalue weighted by Crippen LogP contribution is 2.27. The third-order valence-corrected chi connectivity index (χ3v) is 5.79. The van der Waals surface area contributed by atoms with E-state index in [0.29, 0.717) is 12.1 Å². The zero-order valence-electron chi connectivity index (χ0n) is 18.7. The molecule has 1 aromatic heterocycles. The Balaban J connectivity index is 1.43. The molecule has 35 heavy (non-hydrogen) atoms. The highest BCUT2D eigenvalue weighted by Gasteiger charge is 2.31. The van der Waals surface area contributed by atoms with Gasteiger partial charge in [-0.3, -0.25) is 4.79 Å². The summed E-state index contributed by atoms with van der Waals surface area (Å²) >= 11 is 0. The monoisotopic (exact) mass is 480 g/mol. The van der Waals surface area contributed by atoms with Crippen LogP contribution in [0.25, 0.3) is 10.9 Å². The van der Waals surface area contributed by atoms with Crippen molar-refractivity contribution >= 4 is 16.8 Å². The van der Waals surface area contributed by atoms with Gasteiger partial charge in [-0.2, -0.15) is 0 Å². The second kappa shape index (κ2) is 9.37. The standard InChI is InChI=1S/C27H23F3N2O3/c28-27(29,30)35-24-11-6-18(7-12-24)16-32-22(17-34-23-4-2-1-3-5-23)15-20-14-19(8-13-25(20)32)26(33)31-21-9-10-21/h1-8,11-15,21H,9-10,16-17H2,(H,31,33). The van der Waals surface area contributed by atoms with Gasteiger partial charge in [-0.25, -0.2) is 0 Å². The minimum Gasteiger partial charge on any atom is -0.487 e. The average molecular weight is 480 g/mol. The van der Waals surface area contributed by atoms with Crippen LogP contribution in [0, 0.1) is 0 Å². The Bertz CT molecular complexity index is 1330. The summed E-state index contributed by atoms with van der Waals surface area (Å²) in [5, 5.41) is 3.89. The molecule has 1 fully saturated rings. The van der Waals surface area contributed by atoms with Crippen LogP contribution < -0.4 is 14.8 Å². The number of aromatic nitrogens is 1. The van der Waals surface area contributed by atoms with Crippen LogP contribution in [0.1, 0.15) is 34.5 Å². The van der Waals surface area contributed by atoms with Crippen LogP contribution in [0.5, 0.6) is 11.5 Å². The lowest BCUT2D eigenvalue weighted by Crippen LogP contribution is -2.25. The van der Waals surface area contributed by atoms with Gasteiger partial charge in [0.25, 0.3) is 5.91 Å². The van der Waals surface area contributed by atoms with E-state index in [9.17, 15) is 18.0 Å². The minimum atomic E-state index is -4.73. The summed E-state index contributed by atoms with van der Waals surface area (Å²) in [6.45, 7) is 0.703. The highest BCUT2D eigenvalue weighted by molar-refractivity contribution is 5.98. The van der Waals surface area contributed by atoms with E-state index < -0.39 is 6.36 Å². The largest absolute Gasteiger partial charge is 0.573 e. The van der Waals surface area contributed by atoms with Crippen LogP contribution >= 0.6 is 0 Å². The number of hydrogen-bond donors (Lipinski definition) is 1. The molecule has 0 atom stereocenters. The van der Waals surface area contributed by atoms with E-state index in [2.05, 4.69) is 10.1 Å². The molecule has 1 N–H and O–H groups in total. The third kappa shape index (κ3) is 5.77. The van der Waals surface area contributed by atoms with E-state index in [1.165, 1.54) is 12.1 Å². The molecule has 0 spiro atoms. The summed E-state index contributed by atoms with van der Waals surface area (Å²) in [6.07, 6.45) is -2.71. The molecule has 1 amide bonds. The van der Waals surface area contributed by atoms with Gasteiger partial charge in [0.15, 0.2) is 0 Å². The molecule has 0 aliphatic heterocycles.